The van der Waals surface area contributed by atoms with E-state index in [4.69, 9.17) is 10.5 Å². The fourth-order valence-electron chi connectivity index (χ4n) is 2.32. The van der Waals surface area contributed by atoms with Crippen molar-refractivity contribution in [1.82, 2.24) is 9.97 Å². The Kier molecular flexibility index (Phi) is 7.44. The zero-order valence-corrected chi connectivity index (χ0v) is 16.3. The van der Waals surface area contributed by atoms with E-state index in [0.717, 1.165) is 18.2 Å². The van der Waals surface area contributed by atoms with Gasteiger partial charge in [-0.15, -0.1) is 0 Å². The minimum atomic E-state index is -1.24. The van der Waals surface area contributed by atoms with Gasteiger partial charge in [0.2, 0.25) is 0 Å². The molecule has 28 heavy (non-hydrogen) atoms. The molecular formula is C18H21N4O5S-. The quantitative estimate of drug-likeness (QED) is 0.413. The summed E-state index contributed by atoms with van der Waals surface area (Å²) in [6.07, 6.45) is 1.90. The van der Waals surface area contributed by atoms with Crippen LogP contribution in [0.2, 0.25) is 0 Å². The highest BCUT2D eigenvalue weighted by molar-refractivity contribution is 8.00. The van der Waals surface area contributed by atoms with E-state index in [9.17, 15) is 19.5 Å². The van der Waals surface area contributed by atoms with Gasteiger partial charge >= 0.3 is 0 Å². The average Bonchev–Trinajstić information content (AvgIpc) is 2.67. The van der Waals surface area contributed by atoms with Crippen molar-refractivity contribution in [2.75, 3.05) is 18.2 Å². The first kappa shape index (κ1) is 21.3. The normalized spacial score (nSPS) is 11.6. The van der Waals surface area contributed by atoms with Crippen LogP contribution in [0.4, 0.5) is 11.5 Å². The van der Waals surface area contributed by atoms with Gasteiger partial charge in [0.1, 0.15) is 11.4 Å². The fourth-order valence-corrected chi connectivity index (χ4v) is 3.28. The van der Waals surface area contributed by atoms with Crippen molar-refractivity contribution in [3.05, 3.63) is 40.2 Å². The van der Waals surface area contributed by atoms with Gasteiger partial charge in [-0.05, 0) is 30.7 Å². The molecule has 0 saturated carbocycles. The van der Waals surface area contributed by atoms with Crippen LogP contribution >= 0.6 is 11.8 Å². The first-order valence-corrected chi connectivity index (χ1v) is 9.46. The summed E-state index contributed by atoms with van der Waals surface area (Å²) in [5.41, 5.74) is 5.22. The Labute approximate surface area is 165 Å². The molecule has 0 aliphatic heterocycles. The number of aromatic amines is 1. The maximum atomic E-state index is 12.3. The molecule has 1 aromatic heterocycles. The van der Waals surface area contributed by atoms with Gasteiger partial charge in [0.05, 0.1) is 18.3 Å². The van der Waals surface area contributed by atoms with Crippen LogP contribution in [0.5, 0.6) is 5.75 Å². The third kappa shape index (κ3) is 5.49. The number of hydrogen-bond acceptors (Lipinski definition) is 8. The van der Waals surface area contributed by atoms with E-state index in [1.165, 1.54) is 19.2 Å². The molecule has 0 spiro atoms. The number of thioether (sulfide) groups is 1. The Morgan fingerprint density at radius 3 is 2.57 bits per heavy atom. The molecule has 0 bridgehead atoms. The lowest BCUT2D eigenvalue weighted by atomic mass is 10.2. The number of aromatic nitrogens is 2. The molecule has 0 aliphatic rings. The number of anilines is 2. The summed E-state index contributed by atoms with van der Waals surface area (Å²) in [7, 11) is 1.51. The van der Waals surface area contributed by atoms with Crippen molar-refractivity contribution in [2.24, 2.45) is 0 Å². The first-order chi connectivity index (χ1) is 13.3. The van der Waals surface area contributed by atoms with Crippen molar-refractivity contribution in [2.45, 2.75) is 36.6 Å². The molecule has 1 amide bonds. The van der Waals surface area contributed by atoms with Crippen molar-refractivity contribution in [1.29, 1.82) is 0 Å². The zero-order chi connectivity index (χ0) is 20.7. The fraction of sp³-hybridized carbons (Fsp3) is 0.333. The second kappa shape index (κ2) is 9.79. The van der Waals surface area contributed by atoms with Gasteiger partial charge in [0.15, 0.2) is 11.0 Å². The maximum absolute atomic E-state index is 12.3. The number of rotatable bonds is 9. The lowest BCUT2D eigenvalue weighted by molar-refractivity contribution is -0.304. The van der Waals surface area contributed by atoms with E-state index >= 15 is 0 Å². The number of carbonyl (C=O) groups excluding carboxylic acids is 2. The van der Waals surface area contributed by atoms with Crippen LogP contribution in [0.15, 0.2) is 34.2 Å². The van der Waals surface area contributed by atoms with Crippen LogP contribution in [-0.2, 0) is 4.79 Å². The number of hydrogen-bond donors (Lipinski definition) is 3. The molecule has 2 aromatic rings. The van der Waals surface area contributed by atoms with Crippen molar-refractivity contribution < 1.29 is 19.4 Å². The number of benzene rings is 1. The summed E-state index contributed by atoms with van der Waals surface area (Å²) in [4.78, 5) is 42.3. The molecule has 4 N–H and O–H groups in total. The van der Waals surface area contributed by atoms with Gasteiger partial charge in [-0.1, -0.05) is 31.5 Å². The Morgan fingerprint density at radius 2 is 2.04 bits per heavy atom. The van der Waals surface area contributed by atoms with Gasteiger partial charge in [-0.25, -0.2) is 4.98 Å². The van der Waals surface area contributed by atoms with Crippen molar-refractivity contribution >= 4 is 35.1 Å². The van der Waals surface area contributed by atoms with Crippen LogP contribution in [0.25, 0.3) is 0 Å². The number of nitrogen functional groups attached to an aromatic ring is 1. The van der Waals surface area contributed by atoms with E-state index in [1.54, 1.807) is 12.1 Å². The maximum Gasteiger partial charge on any atom is 0.277 e. The number of ether oxygens (including phenoxy) is 1. The lowest BCUT2D eigenvalue weighted by Gasteiger charge is -2.17. The highest BCUT2D eigenvalue weighted by atomic mass is 32.2. The van der Waals surface area contributed by atoms with Crippen LogP contribution < -0.4 is 26.5 Å². The minimum Gasteiger partial charge on any atom is -0.549 e. The molecule has 1 heterocycles. The molecule has 10 heteroatoms. The van der Waals surface area contributed by atoms with Gasteiger partial charge < -0.3 is 25.7 Å². The van der Waals surface area contributed by atoms with Crippen molar-refractivity contribution in [3.63, 3.8) is 0 Å². The standard InChI is InChI=1S/C18H22N4O5S/c1-3-4-5-12(17(25)26)28-18-21-14(19)13(16(24)22-18)20-15(23)10-6-8-11(27-2)9-7-10/h6-9,12H,3-5H2,1-2H3,(H,20,23)(H,25,26)(H3,19,21,22,24)/p-1/t12-/m0/s1. The van der Waals surface area contributed by atoms with Crippen molar-refractivity contribution in [3.8, 4) is 5.75 Å². The summed E-state index contributed by atoms with van der Waals surface area (Å²) < 4.78 is 5.03. The van der Waals surface area contributed by atoms with Gasteiger partial charge in [0.25, 0.3) is 11.5 Å². The summed E-state index contributed by atoms with van der Waals surface area (Å²) in [6, 6.07) is 6.29. The van der Waals surface area contributed by atoms with E-state index in [0.29, 0.717) is 24.2 Å². The number of nitrogens with one attached hydrogen (secondary N) is 2. The Bertz CT molecular complexity index is 898. The second-order valence-electron chi connectivity index (χ2n) is 5.88. The number of carboxylic acids is 1. The highest BCUT2D eigenvalue weighted by Crippen LogP contribution is 2.25. The van der Waals surface area contributed by atoms with Crippen LogP contribution in [0.3, 0.4) is 0 Å². The SMILES string of the molecule is CCCC[C@H](Sc1nc(N)c(NC(=O)c2ccc(OC)cc2)c(=O)[nH]1)C(=O)[O-]. The predicted molar refractivity (Wildman–Crippen MR) is 104 cm³/mol. The monoisotopic (exact) mass is 405 g/mol. The van der Waals surface area contributed by atoms with Gasteiger partial charge in [-0.2, -0.15) is 0 Å². The molecule has 150 valence electrons. The lowest BCUT2D eigenvalue weighted by Crippen LogP contribution is -2.34. The number of H-pyrrole nitrogens is 1. The van der Waals surface area contributed by atoms with E-state index < -0.39 is 22.7 Å². The average molecular weight is 405 g/mol. The summed E-state index contributed by atoms with van der Waals surface area (Å²) in [6.45, 7) is 1.94. The van der Waals surface area contributed by atoms with E-state index in [1.807, 2.05) is 6.92 Å². The third-order valence-electron chi connectivity index (χ3n) is 3.85. The van der Waals surface area contributed by atoms with Crippen LogP contribution in [-0.4, -0.2) is 34.2 Å². The summed E-state index contributed by atoms with van der Waals surface area (Å²) >= 11 is 0.858. The minimum absolute atomic E-state index is 0.0512. The third-order valence-corrected chi connectivity index (χ3v) is 4.98. The number of aliphatic carboxylic acids is 1. The number of carboxylic acid groups (broad SMARTS) is 1. The molecule has 0 saturated heterocycles. The second-order valence-corrected chi connectivity index (χ2v) is 7.07. The first-order valence-electron chi connectivity index (χ1n) is 8.58. The van der Waals surface area contributed by atoms with E-state index in [2.05, 4.69) is 15.3 Å². The molecule has 0 radical (unpaired) electrons. The summed E-state index contributed by atoms with van der Waals surface area (Å²) in [5.74, 6) is -1.41. The number of methoxy groups -OCH3 is 1. The van der Waals surface area contributed by atoms with Crippen LogP contribution in [0.1, 0.15) is 36.5 Å². The zero-order valence-electron chi connectivity index (χ0n) is 15.5. The largest absolute Gasteiger partial charge is 0.549 e. The molecule has 9 nitrogen and oxygen atoms in total. The van der Waals surface area contributed by atoms with Gasteiger partial charge in [-0.3, -0.25) is 14.6 Å². The molecule has 0 aliphatic carbocycles. The number of unbranched alkanes of at least 4 members (excludes halogenated alkanes) is 1. The number of nitrogens with zero attached hydrogens (tertiary/aromatic N) is 1. The van der Waals surface area contributed by atoms with Gasteiger partial charge in [0, 0.05) is 5.56 Å². The molecule has 2 rings (SSSR count). The molecule has 0 fully saturated rings. The number of amides is 1. The summed E-state index contributed by atoms with van der Waals surface area (Å²) in [5, 5.41) is 12.9. The predicted octanol–water partition coefficient (Wildman–Crippen LogP) is 1.01. The number of nitrogens with two attached hydrogens (primary N) is 1. The van der Waals surface area contributed by atoms with Crippen LogP contribution in [0, 0.1) is 0 Å². The molecule has 0 unspecified atom stereocenters. The molecule has 1 atom stereocenters. The molecule has 1 aromatic carbocycles. The number of carbonyl (C=O) groups is 2. The highest BCUT2D eigenvalue weighted by Gasteiger charge is 2.17. The Balaban J connectivity index is 2.17. The smallest absolute Gasteiger partial charge is 0.277 e. The Morgan fingerprint density at radius 1 is 1.36 bits per heavy atom. The van der Waals surface area contributed by atoms with E-state index in [-0.39, 0.29) is 16.7 Å². The molecular weight excluding hydrogens is 384 g/mol. The topological polar surface area (TPSA) is 150 Å². The Hall–Kier alpha value is -3.01.